The van der Waals surface area contributed by atoms with Gasteiger partial charge in [0.1, 0.15) is 11.8 Å². The number of hydrogen-bond donors (Lipinski definition) is 2. The van der Waals surface area contributed by atoms with E-state index in [1.54, 1.807) is 6.26 Å². The number of carbonyl (C=O) groups is 1. The summed E-state index contributed by atoms with van der Waals surface area (Å²) in [5.41, 5.74) is 4.59. The fourth-order valence-corrected chi connectivity index (χ4v) is 3.25. The van der Waals surface area contributed by atoms with Crippen LogP contribution in [0.4, 0.5) is 4.79 Å². The molecule has 0 saturated carbocycles. The average Bonchev–Trinajstić information content (AvgIpc) is 2.96. The molecule has 106 valence electrons. The van der Waals surface area contributed by atoms with Crippen LogP contribution in [-0.2, 0) is 6.42 Å². The van der Waals surface area contributed by atoms with Gasteiger partial charge < -0.3 is 15.1 Å². The van der Waals surface area contributed by atoms with Crippen molar-refractivity contribution < 1.29 is 9.21 Å². The van der Waals surface area contributed by atoms with Gasteiger partial charge in [-0.3, -0.25) is 0 Å². The molecule has 1 aromatic carbocycles. The highest BCUT2D eigenvalue weighted by Crippen LogP contribution is 2.37. The Morgan fingerprint density at radius 1 is 1.10 bits per heavy atom. The van der Waals surface area contributed by atoms with Crippen molar-refractivity contribution in [1.29, 1.82) is 0 Å². The van der Waals surface area contributed by atoms with Crippen molar-refractivity contribution in [3.63, 3.8) is 0 Å². The first-order chi connectivity index (χ1) is 10.3. The molecular weight excluding hydrogens is 264 g/mol. The smallest absolute Gasteiger partial charge is 0.320 e. The van der Waals surface area contributed by atoms with Gasteiger partial charge in [0, 0.05) is 5.56 Å². The highest BCUT2D eigenvalue weighted by atomic mass is 16.3. The molecule has 4 nitrogen and oxygen atoms in total. The second-order valence-corrected chi connectivity index (χ2v) is 5.46. The van der Waals surface area contributed by atoms with Crippen LogP contribution in [0.1, 0.15) is 35.8 Å². The zero-order chi connectivity index (χ0) is 14.2. The van der Waals surface area contributed by atoms with Crippen molar-refractivity contribution in [3.05, 3.63) is 65.1 Å². The highest BCUT2D eigenvalue weighted by Gasteiger charge is 2.32. The van der Waals surface area contributed by atoms with Gasteiger partial charge in [0.25, 0.3) is 0 Å². The largest absolute Gasteiger partial charge is 0.467 e. The van der Waals surface area contributed by atoms with Gasteiger partial charge in [-0.15, -0.1) is 0 Å². The zero-order valence-corrected chi connectivity index (χ0v) is 11.6. The van der Waals surface area contributed by atoms with Crippen molar-refractivity contribution in [2.45, 2.75) is 25.3 Å². The average molecular weight is 280 g/mol. The molecule has 21 heavy (non-hydrogen) atoms. The van der Waals surface area contributed by atoms with Gasteiger partial charge in [-0.25, -0.2) is 4.79 Å². The summed E-state index contributed by atoms with van der Waals surface area (Å²) in [6, 6.07) is 11.7. The second kappa shape index (κ2) is 4.81. The minimum Gasteiger partial charge on any atom is -0.467 e. The lowest BCUT2D eigenvalue weighted by Crippen LogP contribution is -2.43. The van der Waals surface area contributed by atoms with Crippen molar-refractivity contribution in [1.82, 2.24) is 10.6 Å². The maximum Gasteiger partial charge on any atom is 0.320 e. The van der Waals surface area contributed by atoms with Crippen LogP contribution in [0, 0.1) is 0 Å². The third-order valence-electron chi connectivity index (χ3n) is 4.19. The Hall–Kier alpha value is -2.49. The fourth-order valence-electron chi connectivity index (χ4n) is 3.25. The van der Waals surface area contributed by atoms with Crippen LogP contribution < -0.4 is 10.6 Å². The van der Waals surface area contributed by atoms with Crippen LogP contribution in [0.5, 0.6) is 0 Å². The normalized spacial score (nSPS) is 21.0. The van der Waals surface area contributed by atoms with Crippen LogP contribution >= 0.6 is 0 Å². The lowest BCUT2D eigenvalue weighted by atomic mass is 9.94. The van der Waals surface area contributed by atoms with Crippen molar-refractivity contribution >= 4 is 11.7 Å². The SMILES string of the molecule is O=C1NC2=C(CCCc3ccccc32)C(c2ccco2)N1. The molecule has 0 spiro atoms. The van der Waals surface area contributed by atoms with E-state index < -0.39 is 0 Å². The highest BCUT2D eigenvalue weighted by molar-refractivity contribution is 5.91. The number of amides is 2. The topological polar surface area (TPSA) is 54.3 Å². The Kier molecular flexibility index (Phi) is 2.81. The number of nitrogens with one attached hydrogen (secondary N) is 2. The molecule has 0 fully saturated rings. The van der Waals surface area contributed by atoms with Crippen LogP contribution in [0.15, 0.2) is 52.7 Å². The number of hydrogen-bond acceptors (Lipinski definition) is 2. The second-order valence-electron chi connectivity index (χ2n) is 5.46. The van der Waals surface area contributed by atoms with E-state index in [9.17, 15) is 4.79 Å². The number of urea groups is 1. The number of rotatable bonds is 1. The molecular formula is C17H16N2O2. The predicted octanol–water partition coefficient (Wildman–Crippen LogP) is 3.38. The Morgan fingerprint density at radius 3 is 2.86 bits per heavy atom. The molecule has 1 unspecified atom stereocenters. The van der Waals surface area contributed by atoms with Crippen LogP contribution in [0.2, 0.25) is 0 Å². The van der Waals surface area contributed by atoms with E-state index in [1.165, 1.54) is 11.1 Å². The van der Waals surface area contributed by atoms with E-state index in [0.717, 1.165) is 36.3 Å². The Labute approximate surface area is 122 Å². The van der Waals surface area contributed by atoms with Gasteiger partial charge in [0.2, 0.25) is 0 Å². The van der Waals surface area contributed by atoms with Crippen LogP contribution in [0.25, 0.3) is 5.70 Å². The molecule has 4 rings (SSSR count). The lowest BCUT2D eigenvalue weighted by Gasteiger charge is -2.28. The molecule has 2 heterocycles. The third kappa shape index (κ3) is 2.03. The molecule has 2 N–H and O–H groups in total. The standard InChI is InChI=1S/C17H16N2O2/c20-17-18-15-12-7-2-1-5-11(12)6-3-8-13(15)16(19-17)14-9-4-10-21-14/h1-2,4-5,7,9-10,16H,3,6,8H2,(H2,18,19,20). The molecule has 1 aliphatic carbocycles. The molecule has 2 aliphatic rings. The first-order valence-corrected chi connectivity index (χ1v) is 7.25. The van der Waals surface area contributed by atoms with Gasteiger partial charge >= 0.3 is 6.03 Å². The lowest BCUT2D eigenvalue weighted by molar-refractivity contribution is 0.238. The van der Waals surface area contributed by atoms with Crippen molar-refractivity contribution in [2.24, 2.45) is 0 Å². The summed E-state index contributed by atoms with van der Waals surface area (Å²) in [5, 5.41) is 5.97. The van der Waals surface area contributed by atoms with E-state index >= 15 is 0 Å². The van der Waals surface area contributed by atoms with Gasteiger partial charge in [0.05, 0.1) is 12.0 Å². The zero-order valence-electron chi connectivity index (χ0n) is 11.6. The van der Waals surface area contributed by atoms with Gasteiger partial charge in [-0.05, 0) is 42.5 Å². The first kappa shape index (κ1) is 12.3. The number of furan rings is 1. The maximum absolute atomic E-state index is 12.0. The molecule has 0 saturated heterocycles. The van der Waals surface area contributed by atoms with Gasteiger partial charge in [0.15, 0.2) is 0 Å². The number of fused-ring (bicyclic) bond motifs is 2. The summed E-state index contributed by atoms with van der Waals surface area (Å²) in [4.78, 5) is 12.0. The minimum atomic E-state index is -0.174. The summed E-state index contributed by atoms with van der Waals surface area (Å²) in [7, 11) is 0. The summed E-state index contributed by atoms with van der Waals surface area (Å²) < 4.78 is 5.52. The molecule has 4 heteroatoms. The Morgan fingerprint density at radius 2 is 2.00 bits per heavy atom. The van der Waals surface area contributed by atoms with E-state index in [-0.39, 0.29) is 12.1 Å². The number of aryl methyl sites for hydroxylation is 1. The molecule has 2 amide bonds. The monoisotopic (exact) mass is 280 g/mol. The Balaban J connectivity index is 1.89. The third-order valence-corrected chi connectivity index (χ3v) is 4.19. The van der Waals surface area contributed by atoms with E-state index in [2.05, 4.69) is 28.8 Å². The minimum absolute atomic E-state index is 0.171. The molecule has 2 aromatic rings. The molecule has 0 bridgehead atoms. The molecule has 1 aliphatic heterocycles. The molecule has 0 radical (unpaired) electrons. The fraction of sp³-hybridized carbons (Fsp3) is 0.235. The van der Waals surface area contributed by atoms with Crippen LogP contribution in [0.3, 0.4) is 0 Å². The van der Waals surface area contributed by atoms with E-state index in [1.807, 2.05) is 18.2 Å². The summed E-state index contributed by atoms with van der Waals surface area (Å²) in [5.74, 6) is 0.789. The summed E-state index contributed by atoms with van der Waals surface area (Å²) in [6.07, 6.45) is 4.70. The molecule has 1 atom stereocenters. The van der Waals surface area contributed by atoms with E-state index in [4.69, 9.17) is 4.42 Å². The first-order valence-electron chi connectivity index (χ1n) is 7.25. The predicted molar refractivity (Wildman–Crippen MR) is 79.4 cm³/mol. The van der Waals surface area contributed by atoms with Crippen molar-refractivity contribution in [3.8, 4) is 0 Å². The number of carbonyl (C=O) groups excluding carboxylic acids is 1. The van der Waals surface area contributed by atoms with Crippen molar-refractivity contribution in [2.75, 3.05) is 0 Å². The van der Waals surface area contributed by atoms with E-state index in [0.29, 0.717) is 0 Å². The molecule has 1 aromatic heterocycles. The van der Waals surface area contributed by atoms with Crippen LogP contribution in [-0.4, -0.2) is 6.03 Å². The van der Waals surface area contributed by atoms with Gasteiger partial charge in [-0.1, -0.05) is 24.3 Å². The summed E-state index contributed by atoms with van der Waals surface area (Å²) >= 11 is 0. The number of benzene rings is 1. The maximum atomic E-state index is 12.0. The quantitative estimate of drug-likeness (QED) is 0.841. The van der Waals surface area contributed by atoms with Gasteiger partial charge in [-0.2, -0.15) is 0 Å². The Bertz CT molecular complexity index is 716. The summed E-state index contributed by atoms with van der Waals surface area (Å²) in [6.45, 7) is 0.